The summed E-state index contributed by atoms with van der Waals surface area (Å²) in [6.45, 7) is 5.65. The van der Waals surface area contributed by atoms with Crippen LogP contribution < -0.4 is 5.32 Å². The van der Waals surface area contributed by atoms with Crippen molar-refractivity contribution in [3.8, 4) is 0 Å². The van der Waals surface area contributed by atoms with Gasteiger partial charge in [0.05, 0.1) is 0 Å². The van der Waals surface area contributed by atoms with Gasteiger partial charge in [-0.2, -0.15) is 0 Å². The van der Waals surface area contributed by atoms with Crippen molar-refractivity contribution in [1.82, 2.24) is 10.2 Å². The summed E-state index contributed by atoms with van der Waals surface area (Å²) in [7, 11) is 0. The number of nitrogens with one attached hydrogen (secondary N) is 1. The Labute approximate surface area is 113 Å². The Balaban J connectivity index is 1.87. The maximum Gasteiger partial charge on any atom is 0.222 e. The van der Waals surface area contributed by atoms with Gasteiger partial charge in [-0.3, -0.25) is 4.79 Å². The zero-order valence-electron chi connectivity index (χ0n) is 11.5. The summed E-state index contributed by atoms with van der Waals surface area (Å²) in [5.41, 5.74) is 0.930. The Bertz CT molecular complexity index is 450. The molecule has 1 heterocycles. The van der Waals surface area contributed by atoms with Gasteiger partial charge in [-0.05, 0) is 38.0 Å². The number of amides is 1. The lowest BCUT2D eigenvalue weighted by molar-refractivity contribution is -0.127. The zero-order valence-corrected chi connectivity index (χ0v) is 11.5. The number of rotatable bonds is 5. The quantitative estimate of drug-likeness (QED) is 0.886. The number of benzene rings is 1. The van der Waals surface area contributed by atoms with Crippen LogP contribution in [-0.2, 0) is 4.79 Å². The van der Waals surface area contributed by atoms with E-state index in [2.05, 4.69) is 12.2 Å². The maximum atomic E-state index is 13.2. The molecule has 1 aliphatic rings. The summed E-state index contributed by atoms with van der Waals surface area (Å²) in [6, 6.07) is 6.89. The van der Waals surface area contributed by atoms with Gasteiger partial charge in [0.1, 0.15) is 5.82 Å². The van der Waals surface area contributed by atoms with Crippen LogP contribution in [0.3, 0.4) is 0 Å². The fourth-order valence-corrected chi connectivity index (χ4v) is 2.58. The van der Waals surface area contributed by atoms with Gasteiger partial charge >= 0.3 is 0 Å². The van der Waals surface area contributed by atoms with Gasteiger partial charge in [-0.1, -0.05) is 12.1 Å². The first kappa shape index (κ1) is 14.0. The SMILES string of the molecule is CC(CN1CCCC1=O)NC(C)c1cccc(F)c1. The Morgan fingerprint density at radius 2 is 2.21 bits per heavy atom. The molecule has 1 aromatic rings. The predicted molar refractivity (Wildman–Crippen MR) is 73.2 cm³/mol. The topological polar surface area (TPSA) is 32.3 Å². The number of carbonyl (C=O) groups excluding carboxylic acids is 1. The van der Waals surface area contributed by atoms with E-state index in [9.17, 15) is 9.18 Å². The molecule has 1 amide bonds. The molecular formula is C15H21FN2O. The molecule has 0 bridgehead atoms. The largest absolute Gasteiger partial charge is 0.341 e. The van der Waals surface area contributed by atoms with Crippen molar-refractivity contribution in [2.45, 2.75) is 38.8 Å². The van der Waals surface area contributed by atoms with E-state index >= 15 is 0 Å². The van der Waals surface area contributed by atoms with E-state index in [4.69, 9.17) is 0 Å². The number of hydrogen-bond acceptors (Lipinski definition) is 2. The molecule has 3 nitrogen and oxygen atoms in total. The van der Waals surface area contributed by atoms with Gasteiger partial charge in [-0.15, -0.1) is 0 Å². The van der Waals surface area contributed by atoms with Crippen LogP contribution >= 0.6 is 0 Å². The number of hydrogen-bond donors (Lipinski definition) is 1. The highest BCUT2D eigenvalue weighted by Crippen LogP contribution is 2.15. The second kappa shape index (κ2) is 6.15. The molecule has 0 aromatic heterocycles. The van der Waals surface area contributed by atoms with Crippen LogP contribution in [-0.4, -0.2) is 29.9 Å². The van der Waals surface area contributed by atoms with Crippen molar-refractivity contribution in [3.63, 3.8) is 0 Å². The lowest BCUT2D eigenvalue weighted by Crippen LogP contribution is -2.40. The predicted octanol–water partition coefficient (Wildman–Crippen LogP) is 2.49. The van der Waals surface area contributed by atoms with E-state index in [0.717, 1.165) is 25.1 Å². The third-order valence-electron chi connectivity index (χ3n) is 3.55. The zero-order chi connectivity index (χ0) is 13.8. The third kappa shape index (κ3) is 3.77. The van der Waals surface area contributed by atoms with E-state index < -0.39 is 0 Å². The van der Waals surface area contributed by atoms with E-state index in [-0.39, 0.29) is 23.8 Å². The summed E-state index contributed by atoms with van der Waals surface area (Å²) >= 11 is 0. The second-order valence-electron chi connectivity index (χ2n) is 5.29. The highest BCUT2D eigenvalue weighted by Gasteiger charge is 2.22. The fourth-order valence-electron chi connectivity index (χ4n) is 2.58. The van der Waals surface area contributed by atoms with Gasteiger partial charge in [0, 0.05) is 31.6 Å². The van der Waals surface area contributed by atoms with Crippen molar-refractivity contribution in [2.75, 3.05) is 13.1 Å². The van der Waals surface area contributed by atoms with E-state index in [1.54, 1.807) is 12.1 Å². The number of nitrogens with zero attached hydrogens (tertiary/aromatic N) is 1. The third-order valence-corrected chi connectivity index (χ3v) is 3.55. The summed E-state index contributed by atoms with van der Waals surface area (Å²) < 4.78 is 13.2. The molecule has 0 spiro atoms. The van der Waals surface area contributed by atoms with Crippen molar-refractivity contribution < 1.29 is 9.18 Å². The highest BCUT2D eigenvalue weighted by atomic mass is 19.1. The van der Waals surface area contributed by atoms with Crippen LogP contribution in [0.2, 0.25) is 0 Å². The summed E-state index contributed by atoms with van der Waals surface area (Å²) in [4.78, 5) is 13.5. The Morgan fingerprint density at radius 1 is 1.42 bits per heavy atom. The first-order valence-electron chi connectivity index (χ1n) is 6.85. The van der Waals surface area contributed by atoms with Gasteiger partial charge in [-0.25, -0.2) is 4.39 Å². The Morgan fingerprint density at radius 3 is 2.84 bits per heavy atom. The minimum absolute atomic E-state index is 0.0726. The van der Waals surface area contributed by atoms with Crippen LogP contribution in [0.5, 0.6) is 0 Å². The molecule has 0 aliphatic carbocycles. The van der Waals surface area contributed by atoms with Crippen molar-refractivity contribution >= 4 is 5.91 Å². The number of likely N-dealkylation sites (tertiary alicyclic amines) is 1. The first-order chi connectivity index (χ1) is 9.06. The molecule has 0 saturated carbocycles. The lowest BCUT2D eigenvalue weighted by Gasteiger charge is -2.25. The molecule has 2 rings (SSSR count). The number of halogens is 1. The maximum absolute atomic E-state index is 13.2. The Hall–Kier alpha value is -1.42. The summed E-state index contributed by atoms with van der Waals surface area (Å²) in [5.74, 6) is 0.0283. The molecule has 1 aliphatic heterocycles. The molecule has 104 valence electrons. The highest BCUT2D eigenvalue weighted by molar-refractivity contribution is 5.78. The average Bonchev–Trinajstić information content (AvgIpc) is 2.75. The molecule has 0 radical (unpaired) electrons. The van der Waals surface area contributed by atoms with Crippen LogP contribution in [0.1, 0.15) is 38.3 Å². The lowest BCUT2D eigenvalue weighted by atomic mass is 10.1. The van der Waals surface area contributed by atoms with E-state index in [0.29, 0.717) is 6.42 Å². The number of carbonyl (C=O) groups is 1. The first-order valence-corrected chi connectivity index (χ1v) is 6.85. The Kier molecular flexibility index (Phi) is 4.53. The minimum atomic E-state index is -0.214. The van der Waals surface area contributed by atoms with Crippen LogP contribution in [0.25, 0.3) is 0 Å². The molecular weight excluding hydrogens is 243 g/mol. The molecule has 2 atom stereocenters. The molecule has 2 unspecified atom stereocenters. The van der Waals surface area contributed by atoms with Crippen LogP contribution in [0.15, 0.2) is 24.3 Å². The molecule has 19 heavy (non-hydrogen) atoms. The van der Waals surface area contributed by atoms with Gasteiger partial charge < -0.3 is 10.2 Å². The fraction of sp³-hybridized carbons (Fsp3) is 0.533. The van der Waals surface area contributed by atoms with Crippen LogP contribution in [0, 0.1) is 5.82 Å². The monoisotopic (exact) mass is 264 g/mol. The van der Waals surface area contributed by atoms with Gasteiger partial charge in [0.2, 0.25) is 5.91 Å². The molecule has 1 N–H and O–H groups in total. The standard InChI is InChI=1S/C15H21FN2O/c1-11(10-18-8-4-7-15(18)19)17-12(2)13-5-3-6-14(16)9-13/h3,5-6,9,11-12,17H,4,7-8,10H2,1-2H3. The van der Waals surface area contributed by atoms with Crippen molar-refractivity contribution in [1.29, 1.82) is 0 Å². The second-order valence-corrected chi connectivity index (χ2v) is 5.29. The smallest absolute Gasteiger partial charge is 0.222 e. The van der Waals surface area contributed by atoms with Crippen molar-refractivity contribution in [3.05, 3.63) is 35.6 Å². The van der Waals surface area contributed by atoms with E-state index in [1.807, 2.05) is 17.9 Å². The normalized spacial score (nSPS) is 18.7. The average molecular weight is 264 g/mol. The molecule has 1 saturated heterocycles. The molecule has 4 heteroatoms. The van der Waals surface area contributed by atoms with Crippen molar-refractivity contribution in [2.24, 2.45) is 0 Å². The minimum Gasteiger partial charge on any atom is -0.341 e. The summed E-state index contributed by atoms with van der Waals surface area (Å²) in [5, 5.41) is 3.41. The van der Waals surface area contributed by atoms with Gasteiger partial charge in [0.15, 0.2) is 0 Å². The summed E-state index contributed by atoms with van der Waals surface area (Å²) in [6.07, 6.45) is 1.64. The molecule has 1 aromatic carbocycles. The van der Waals surface area contributed by atoms with Gasteiger partial charge in [0.25, 0.3) is 0 Å². The van der Waals surface area contributed by atoms with E-state index in [1.165, 1.54) is 6.07 Å². The molecule has 1 fully saturated rings. The van der Waals surface area contributed by atoms with Crippen LogP contribution in [0.4, 0.5) is 4.39 Å².